The van der Waals surface area contributed by atoms with Crippen molar-refractivity contribution in [2.75, 3.05) is 34.4 Å². The number of hydrogen-bond acceptors (Lipinski definition) is 6. The van der Waals surface area contributed by atoms with E-state index < -0.39 is 0 Å². The van der Waals surface area contributed by atoms with Gasteiger partial charge in [-0.25, -0.2) is 0 Å². The van der Waals surface area contributed by atoms with Crippen molar-refractivity contribution >= 4 is 17.2 Å². The second kappa shape index (κ2) is 11.6. The van der Waals surface area contributed by atoms with Crippen LogP contribution in [0, 0.1) is 0 Å². The summed E-state index contributed by atoms with van der Waals surface area (Å²) in [5.41, 5.74) is 3.50. The van der Waals surface area contributed by atoms with E-state index in [1.807, 2.05) is 29.2 Å². The molecule has 2 heterocycles. The van der Waals surface area contributed by atoms with E-state index in [0.717, 1.165) is 35.5 Å². The van der Waals surface area contributed by atoms with E-state index in [4.69, 9.17) is 14.2 Å². The number of benzene rings is 2. The number of methoxy groups -OCH3 is 3. The van der Waals surface area contributed by atoms with E-state index >= 15 is 0 Å². The van der Waals surface area contributed by atoms with Gasteiger partial charge in [0.05, 0.1) is 27.9 Å². The summed E-state index contributed by atoms with van der Waals surface area (Å²) in [5.74, 6) is 2.42. The molecule has 0 N–H and O–H groups in total. The zero-order valence-corrected chi connectivity index (χ0v) is 21.8. The third kappa shape index (κ3) is 6.16. The van der Waals surface area contributed by atoms with Crippen molar-refractivity contribution in [2.45, 2.75) is 38.9 Å². The minimum absolute atomic E-state index is 0.150. The molecule has 1 aromatic heterocycles. The van der Waals surface area contributed by atoms with Gasteiger partial charge in [0.25, 0.3) is 0 Å². The van der Waals surface area contributed by atoms with Gasteiger partial charge in [-0.2, -0.15) is 0 Å². The van der Waals surface area contributed by atoms with Crippen LogP contribution < -0.4 is 14.2 Å². The molecule has 1 aliphatic rings. The number of hydrogen-bond donors (Lipinski definition) is 0. The van der Waals surface area contributed by atoms with Crippen LogP contribution in [0.4, 0.5) is 0 Å². The maximum absolute atomic E-state index is 13.5. The van der Waals surface area contributed by atoms with Gasteiger partial charge in [0.15, 0.2) is 11.5 Å². The van der Waals surface area contributed by atoms with Gasteiger partial charge >= 0.3 is 0 Å². The second-order valence-corrected chi connectivity index (χ2v) is 9.96. The molecule has 0 bridgehead atoms. The number of amides is 1. The van der Waals surface area contributed by atoms with Crippen LogP contribution in [-0.4, -0.2) is 56.2 Å². The largest absolute Gasteiger partial charge is 0.497 e. The summed E-state index contributed by atoms with van der Waals surface area (Å²) >= 11 is 1.76. The number of nitrogens with zero attached hydrogens (tertiary/aromatic N) is 2. The highest BCUT2D eigenvalue weighted by atomic mass is 32.1. The van der Waals surface area contributed by atoms with Crippen molar-refractivity contribution in [3.63, 3.8) is 0 Å². The molecule has 3 aromatic rings. The molecule has 1 amide bonds. The first kappa shape index (κ1) is 25.1. The molecule has 6 nitrogen and oxygen atoms in total. The van der Waals surface area contributed by atoms with Gasteiger partial charge in [0.2, 0.25) is 5.91 Å². The molecule has 0 fully saturated rings. The molecule has 0 saturated carbocycles. The van der Waals surface area contributed by atoms with E-state index in [1.165, 1.54) is 10.4 Å². The van der Waals surface area contributed by atoms with E-state index in [0.29, 0.717) is 31.9 Å². The number of ether oxygens (including phenoxy) is 3. The molecule has 0 aliphatic carbocycles. The van der Waals surface area contributed by atoms with Crippen LogP contribution >= 0.6 is 11.3 Å². The third-order valence-corrected chi connectivity index (χ3v) is 7.55. The van der Waals surface area contributed by atoms with Crippen molar-refractivity contribution < 1.29 is 19.0 Å². The summed E-state index contributed by atoms with van der Waals surface area (Å²) in [4.78, 5) is 19.1. The molecule has 1 atom stereocenters. The first-order valence-electron chi connectivity index (χ1n) is 11.9. The van der Waals surface area contributed by atoms with Crippen LogP contribution in [0.3, 0.4) is 0 Å². The second-order valence-electron chi connectivity index (χ2n) is 8.93. The summed E-state index contributed by atoms with van der Waals surface area (Å²) in [6, 6.07) is 16.6. The highest BCUT2D eigenvalue weighted by molar-refractivity contribution is 7.09. The quantitative estimate of drug-likeness (QED) is 0.406. The van der Waals surface area contributed by atoms with Crippen LogP contribution in [0.5, 0.6) is 17.2 Å². The van der Waals surface area contributed by atoms with Gasteiger partial charge in [0, 0.05) is 30.6 Å². The van der Waals surface area contributed by atoms with Crippen molar-refractivity contribution in [3.8, 4) is 17.2 Å². The minimum atomic E-state index is 0.150. The SMILES string of the molecule is COc1ccc(CN(CC(=O)N2CCc3cc(OC)c(OC)cc3C2)C(C)Cc2cccs2)cc1. The van der Waals surface area contributed by atoms with Crippen LogP contribution in [0.1, 0.15) is 28.5 Å². The summed E-state index contributed by atoms with van der Waals surface area (Å²) in [6.07, 6.45) is 1.73. The van der Waals surface area contributed by atoms with Crippen molar-refractivity contribution in [3.05, 3.63) is 75.5 Å². The minimum Gasteiger partial charge on any atom is -0.497 e. The van der Waals surface area contributed by atoms with Crippen molar-refractivity contribution in [1.82, 2.24) is 9.80 Å². The standard InChI is InChI=1S/C28H34N2O4S/c1-20(14-25-6-5-13-35-25)30(17-21-7-9-24(32-2)10-8-21)19-28(31)29-12-11-22-15-26(33-3)27(34-4)16-23(22)18-29/h5-10,13,15-16,20H,11-12,14,17-19H2,1-4H3. The lowest BCUT2D eigenvalue weighted by atomic mass is 9.98. The van der Waals surface area contributed by atoms with Crippen molar-refractivity contribution in [2.24, 2.45) is 0 Å². The molecule has 0 saturated heterocycles. The van der Waals surface area contributed by atoms with Crippen LogP contribution in [0.15, 0.2) is 53.9 Å². The molecule has 1 aliphatic heterocycles. The van der Waals surface area contributed by atoms with Gasteiger partial charge in [-0.05, 0) is 72.2 Å². The molecule has 186 valence electrons. The Kier molecular flexibility index (Phi) is 8.31. The lowest BCUT2D eigenvalue weighted by Gasteiger charge is -2.34. The fourth-order valence-electron chi connectivity index (χ4n) is 4.55. The lowest BCUT2D eigenvalue weighted by Crippen LogP contribution is -2.45. The number of carbonyl (C=O) groups is 1. The van der Waals surface area contributed by atoms with E-state index in [9.17, 15) is 4.79 Å². The number of rotatable bonds is 10. The Hall–Kier alpha value is -3.03. The molecule has 4 rings (SSSR count). The smallest absolute Gasteiger partial charge is 0.237 e. The Balaban J connectivity index is 1.48. The summed E-state index contributed by atoms with van der Waals surface area (Å²) in [7, 11) is 4.96. The zero-order chi connectivity index (χ0) is 24.8. The molecular formula is C28H34N2O4S. The average Bonchev–Trinajstić information content (AvgIpc) is 3.40. The molecule has 35 heavy (non-hydrogen) atoms. The normalized spacial score (nSPS) is 13.9. The van der Waals surface area contributed by atoms with Gasteiger partial charge in [0.1, 0.15) is 5.75 Å². The Morgan fingerprint density at radius 3 is 2.37 bits per heavy atom. The fraction of sp³-hybridized carbons (Fsp3) is 0.393. The summed E-state index contributed by atoms with van der Waals surface area (Å²) < 4.78 is 16.2. The van der Waals surface area contributed by atoms with Gasteiger partial charge < -0.3 is 19.1 Å². The fourth-order valence-corrected chi connectivity index (χ4v) is 5.38. The summed E-state index contributed by atoms with van der Waals surface area (Å²) in [5, 5.41) is 2.11. The van der Waals surface area contributed by atoms with Gasteiger partial charge in [-0.15, -0.1) is 11.3 Å². The number of carbonyl (C=O) groups excluding carboxylic acids is 1. The molecule has 7 heteroatoms. The van der Waals surface area contributed by atoms with E-state index in [2.05, 4.69) is 41.5 Å². The molecule has 0 spiro atoms. The Bertz CT molecular complexity index is 1110. The van der Waals surface area contributed by atoms with E-state index in [1.54, 1.807) is 32.7 Å². The number of fused-ring (bicyclic) bond motifs is 1. The zero-order valence-electron chi connectivity index (χ0n) is 21.0. The molecule has 0 radical (unpaired) electrons. The van der Waals surface area contributed by atoms with Crippen molar-refractivity contribution in [1.29, 1.82) is 0 Å². The lowest BCUT2D eigenvalue weighted by molar-refractivity contribution is -0.134. The molecular weight excluding hydrogens is 460 g/mol. The average molecular weight is 495 g/mol. The Morgan fingerprint density at radius 1 is 1.03 bits per heavy atom. The highest BCUT2D eigenvalue weighted by Crippen LogP contribution is 2.33. The highest BCUT2D eigenvalue weighted by Gasteiger charge is 2.26. The first-order chi connectivity index (χ1) is 17.0. The molecule has 1 unspecified atom stereocenters. The van der Waals surface area contributed by atoms with Gasteiger partial charge in [-0.3, -0.25) is 9.69 Å². The monoisotopic (exact) mass is 494 g/mol. The van der Waals surface area contributed by atoms with Crippen LogP contribution in [-0.2, 0) is 30.7 Å². The van der Waals surface area contributed by atoms with Crippen LogP contribution in [0.2, 0.25) is 0 Å². The maximum Gasteiger partial charge on any atom is 0.237 e. The predicted octanol–water partition coefficient (Wildman–Crippen LogP) is 4.79. The molecule has 2 aromatic carbocycles. The first-order valence-corrected chi connectivity index (χ1v) is 12.8. The van der Waals surface area contributed by atoms with Gasteiger partial charge in [-0.1, -0.05) is 18.2 Å². The topological polar surface area (TPSA) is 51.2 Å². The Morgan fingerprint density at radius 2 is 1.74 bits per heavy atom. The Labute approximate surface area is 212 Å². The maximum atomic E-state index is 13.5. The number of thiophene rings is 1. The third-order valence-electron chi connectivity index (χ3n) is 6.65. The van der Waals surface area contributed by atoms with Crippen LogP contribution in [0.25, 0.3) is 0 Å². The summed E-state index contributed by atoms with van der Waals surface area (Å²) in [6.45, 7) is 4.58. The predicted molar refractivity (Wildman–Crippen MR) is 140 cm³/mol. The van der Waals surface area contributed by atoms with E-state index in [-0.39, 0.29) is 11.9 Å².